The van der Waals surface area contributed by atoms with Crippen molar-refractivity contribution in [1.29, 1.82) is 0 Å². The maximum Gasteiger partial charge on any atom is 0.123 e. The van der Waals surface area contributed by atoms with E-state index in [4.69, 9.17) is 11.6 Å². The topological polar surface area (TPSA) is 0 Å². The molecular formula is C16H13BrClF. The molecule has 2 aromatic rings. The van der Waals surface area contributed by atoms with E-state index in [2.05, 4.69) is 34.1 Å². The molecule has 0 nitrogen and oxygen atoms in total. The van der Waals surface area contributed by atoms with Crippen LogP contribution in [-0.4, -0.2) is 0 Å². The maximum atomic E-state index is 13.4. The summed E-state index contributed by atoms with van der Waals surface area (Å²) in [6.45, 7) is 0. The van der Waals surface area contributed by atoms with Crippen molar-refractivity contribution in [2.45, 2.75) is 24.6 Å². The van der Waals surface area contributed by atoms with E-state index < -0.39 is 0 Å². The smallest absolute Gasteiger partial charge is 0.123 e. The van der Waals surface area contributed by atoms with Gasteiger partial charge in [-0.05, 0) is 59.7 Å². The highest BCUT2D eigenvalue weighted by Crippen LogP contribution is 2.36. The van der Waals surface area contributed by atoms with Crippen LogP contribution in [0.1, 0.15) is 34.1 Å². The highest BCUT2D eigenvalue weighted by Gasteiger charge is 2.18. The first-order chi connectivity index (χ1) is 9.15. The van der Waals surface area contributed by atoms with Gasteiger partial charge in [-0.25, -0.2) is 4.39 Å². The molecular weight excluding hydrogens is 327 g/mol. The van der Waals surface area contributed by atoms with Crippen LogP contribution in [-0.2, 0) is 12.8 Å². The highest BCUT2D eigenvalue weighted by molar-refractivity contribution is 9.10. The minimum atomic E-state index is -0.323. The molecule has 0 spiro atoms. The zero-order chi connectivity index (χ0) is 13.4. The summed E-state index contributed by atoms with van der Waals surface area (Å²) in [5.41, 5.74) is 4.62. The van der Waals surface area contributed by atoms with Crippen LogP contribution in [0, 0.1) is 5.82 Å². The van der Waals surface area contributed by atoms with Crippen molar-refractivity contribution in [3.05, 3.63) is 68.9 Å². The zero-order valence-corrected chi connectivity index (χ0v) is 12.6. The first-order valence-electron chi connectivity index (χ1n) is 6.36. The average Bonchev–Trinajstić information content (AvgIpc) is 2.88. The summed E-state index contributed by atoms with van der Waals surface area (Å²) in [6, 6.07) is 11.0. The largest absolute Gasteiger partial charge is 0.207 e. The van der Waals surface area contributed by atoms with E-state index in [0.29, 0.717) is 0 Å². The van der Waals surface area contributed by atoms with E-state index in [1.54, 1.807) is 6.07 Å². The Balaban J connectivity index is 1.99. The van der Waals surface area contributed by atoms with Crippen molar-refractivity contribution in [3.63, 3.8) is 0 Å². The molecule has 0 amide bonds. The molecule has 0 fully saturated rings. The number of rotatable bonds is 2. The molecule has 0 heterocycles. The number of hydrogen-bond acceptors (Lipinski definition) is 0. The summed E-state index contributed by atoms with van der Waals surface area (Å²) in [4.78, 5) is 0. The van der Waals surface area contributed by atoms with Gasteiger partial charge in [0.25, 0.3) is 0 Å². The van der Waals surface area contributed by atoms with Crippen LogP contribution in [0.4, 0.5) is 4.39 Å². The minimum absolute atomic E-state index is 0.259. The maximum absolute atomic E-state index is 13.4. The quantitative estimate of drug-likeness (QED) is 0.642. The molecule has 1 unspecified atom stereocenters. The zero-order valence-electron chi connectivity index (χ0n) is 10.3. The van der Waals surface area contributed by atoms with Gasteiger partial charge in [0.15, 0.2) is 0 Å². The fourth-order valence-electron chi connectivity index (χ4n) is 2.64. The van der Waals surface area contributed by atoms with Crippen molar-refractivity contribution in [3.8, 4) is 0 Å². The Bertz CT molecular complexity index is 624. The summed E-state index contributed by atoms with van der Waals surface area (Å²) < 4.78 is 14.2. The number of hydrogen-bond donors (Lipinski definition) is 0. The van der Waals surface area contributed by atoms with Crippen molar-refractivity contribution in [2.24, 2.45) is 0 Å². The van der Waals surface area contributed by atoms with Crippen LogP contribution in [0.3, 0.4) is 0 Å². The van der Waals surface area contributed by atoms with E-state index in [-0.39, 0.29) is 11.2 Å². The lowest BCUT2D eigenvalue weighted by atomic mass is 10.00. The third-order valence-electron chi connectivity index (χ3n) is 3.65. The van der Waals surface area contributed by atoms with Gasteiger partial charge in [0.2, 0.25) is 0 Å². The van der Waals surface area contributed by atoms with E-state index in [9.17, 15) is 4.39 Å². The van der Waals surface area contributed by atoms with E-state index >= 15 is 0 Å². The molecule has 2 aromatic carbocycles. The third-order valence-corrected chi connectivity index (χ3v) is 4.86. The van der Waals surface area contributed by atoms with Gasteiger partial charge in [0.05, 0.1) is 5.38 Å². The molecule has 0 N–H and O–H groups in total. The van der Waals surface area contributed by atoms with E-state index in [0.717, 1.165) is 28.4 Å². The monoisotopic (exact) mass is 338 g/mol. The van der Waals surface area contributed by atoms with Crippen molar-refractivity contribution < 1.29 is 4.39 Å². The molecule has 98 valence electrons. The van der Waals surface area contributed by atoms with Gasteiger partial charge >= 0.3 is 0 Å². The third kappa shape index (κ3) is 2.56. The summed E-state index contributed by atoms with van der Waals surface area (Å²) in [7, 11) is 0. The SMILES string of the molecule is Fc1ccc(Br)c(C(Cl)c2ccc3c(c2)CCC3)c1. The Morgan fingerprint density at radius 1 is 1.05 bits per heavy atom. The van der Waals surface area contributed by atoms with Crippen LogP contribution in [0.15, 0.2) is 40.9 Å². The molecule has 0 aromatic heterocycles. The second kappa shape index (κ2) is 5.26. The van der Waals surface area contributed by atoms with Gasteiger partial charge in [-0.15, -0.1) is 11.6 Å². The van der Waals surface area contributed by atoms with Crippen LogP contribution < -0.4 is 0 Å². The predicted octanol–water partition coefficient (Wildman–Crippen LogP) is 5.41. The molecule has 1 atom stereocenters. The Kier molecular flexibility index (Phi) is 3.64. The molecule has 1 aliphatic carbocycles. The summed E-state index contributed by atoms with van der Waals surface area (Å²) in [6.07, 6.45) is 3.50. The molecule has 0 saturated carbocycles. The molecule has 0 aliphatic heterocycles. The van der Waals surface area contributed by atoms with Gasteiger partial charge in [0, 0.05) is 4.47 Å². The van der Waals surface area contributed by atoms with Crippen LogP contribution in [0.5, 0.6) is 0 Å². The molecule has 0 bridgehead atoms. The summed E-state index contributed by atoms with van der Waals surface area (Å²) in [5.74, 6) is -0.259. The van der Waals surface area contributed by atoms with Gasteiger partial charge < -0.3 is 0 Å². The first-order valence-corrected chi connectivity index (χ1v) is 7.59. The van der Waals surface area contributed by atoms with Gasteiger partial charge in [0.1, 0.15) is 5.82 Å². The van der Waals surface area contributed by atoms with Crippen LogP contribution >= 0.6 is 27.5 Å². The summed E-state index contributed by atoms with van der Waals surface area (Å²) >= 11 is 9.95. The second-order valence-electron chi connectivity index (χ2n) is 4.91. The Labute approximate surface area is 125 Å². The fourth-order valence-corrected chi connectivity index (χ4v) is 3.56. The lowest BCUT2D eigenvalue weighted by Crippen LogP contribution is -1.97. The summed E-state index contributed by atoms with van der Waals surface area (Å²) in [5, 5.41) is -0.323. The van der Waals surface area contributed by atoms with Crippen LogP contribution in [0.2, 0.25) is 0 Å². The number of alkyl halides is 1. The number of halogens is 3. The molecule has 1 aliphatic rings. The molecule has 0 radical (unpaired) electrons. The fraction of sp³-hybridized carbons (Fsp3) is 0.250. The number of fused-ring (bicyclic) bond motifs is 1. The van der Waals surface area contributed by atoms with Crippen molar-refractivity contribution in [1.82, 2.24) is 0 Å². The first kappa shape index (κ1) is 13.1. The highest BCUT2D eigenvalue weighted by atomic mass is 79.9. The Hall–Kier alpha value is -0.860. The van der Waals surface area contributed by atoms with Gasteiger partial charge in [-0.1, -0.05) is 34.1 Å². The van der Waals surface area contributed by atoms with Crippen molar-refractivity contribution >= 4 is 27.5 Å². The van der Waals surface area contributed by atoms with Gasteiger partial charge in [-0.2, -0.15) is 0 Å². The lowest BCUT2D eigenvalue weighted by Gasteiger charge is -2.14. The van der Waals surface area contributed by atoms with E-state index in [1.165, 1.54) is 29.7 Å². The standard InChI is InChI=1S/C16H13BrClF/c17-15-7-6-13(19)9-14(15)16(18)12-5-4-10-2-1-3-11(10)8-12/h4-9,16H,1-3H2. The molecule has 3 rings (SSSR count). The van der Waals surface area contributed by atoms with Gasteiger partial charge in [-0.3, -0.25) is 0 Å². The second-order valence-corrected chi connectivity index (χ2v) is 6.20. The normalized spacial score (nSPS) is 15.3. The lowest BCUT2D eigenvalue weighted by molar-refractivity contribution is 0.625. The van der Waals surface area contributed by atoms with Crippen LogP contribution in [0.25, 0.3) is 0 Å². The Morgan fingerprint density at radius 3 is 2.68 bits per heavy atom. The average molecular weight is 340 g/mol. The molecule has 0 saturated heterocycles. The number of benzene rings is 2. The van der Waals surface area contributed by atoms with E-state index in [1.807, 2.05) is 0 Å². The number of aryl methyl sites for hydroxylation is 2. The van der Waals surface area contributed by atoms with Crippen molar-refractivity contribution in [2.75, 3.05) is 0 Å². The molecule has 19 heavy (non-hydrogen) atoms. The molecule has 3 heteroatoms. The predicted molar refractivity (Wildman–Crippen MR) is 80.3 cm³/mol. The minimum Gasteiger partial charge on any atom is -0.207 e. The Morgan fingerprint density at radius 2 is 1.84 bits per heavy atom.